The highest BCUT2D eigenvalue weighted by Gasteiger charge is 2.05. The van der Waals surface area contributed by atoms with Crippen LogP contribution in [-0.2, 0) is 6.54 Å². The summed E-state index contributed by atoms with van der Waals surface area (Å²) in [6.07, 6.45) is 0. The Morgan fingerprint density at radius 1 is 1.14 bits per heavy atom. The molecule has 4 nitrogen and oxygen atoms in total. The van der Waals surface area contributed by atoms with Crippen LogP contribution >= 0.6 is 33.9 Å². The number of rotatable bonds is 3. The molecule has 0 saturated heterocycles. The predicted molar refractivity (Wildman–Crippen MR) is 94.6 cm³/mol. The van der Waals surface area contributed by atoms with Gasteiger partial charge in [-0.05, 0) is 59.0 Å². The Labute approximate surface area is 139 Å². The van der Waals surface area contributed by atoms with Crippen molar-refractivity contribution in [2.45, 2.75) is 6.54 Å². The quantitative estimate of drug-likeness (QED) is 0.637. The van der Waals surface area contributed by atoms with Crippen LogP contribution in [0.5, 0.6) is 0 Å². The van der Waals surface area contributed by atoms with Crippen LogP contribution in [-0.4, -0.2) is 11.0 Å². The van der Waals surface area contributed by atoms with Crippen molar-refractivity contribution in [2.24, 2.45) is 0 Å². The second-order valence-corrected chi connectivity index (χ2v) is 6.75. The molecule has 3 rings (SSSR count). The van der Waals surface area contributed by atoms with Gasteiger partial charge in [-0.25, -0.2) is 9.78 Å². The molecule has 0 radical (unpaired) electrons. The summed E-state index contributed by atoms with van der Waals surface area (Å²) in [5.74, 6) is 0. The molecule has 0 bridgehead atoms. The van der Waals surface area contributed by atoms with Gasteiger partial charge < -0.3 is 10.6 Å². The number of hydrogen-bond donors (Lipinski definition) is 2. The zero-order valence-electron chi connectivity index (χ0n) is 11.0. The lowest BCUT2D eigenvalue weighted by Crippen LogP contribution is -2.28. The van der Waals surface area contributed by atoms with Crippen LogP contribution in [0, 0.1) is 3.57 Å². The van der Waals surface area contributed by atoms with Gasteiger partial charge in [0.2, 0.25) is 0 Å². The normalized spacial score (nSPS) is 10.5. The average molecular weight is 409 g/mol. The number of aromatic nitrogens is 1. The molecular weight excluding hydrogens is 397 g/mol. The monoisotopic (exact) mass is 409 g/mol. The molecule has 0 fully saturated rings. The van der Waals surface area contributed by atoms with Crippen molar-refractivity contribution in [1.82, 2.24) is 10.3 Å². The molecule has 1 heterocycles. The number of nitrogens with one attached hydrogen (secondary N) is 2. The highest BCUT2D eigenvalue weighted by atomic mass is 127. The molecule has 21 heavy (non-hydrogen) atoms. The molecule has 2 N–H and O–H groups in total. The Morgan fingerprint density at radius 2 is 1.90 bits per heavy atom. The maximum atomic E-state index is 11.8. The minimum atomic E-state index is -0.226. The van der Waals surface area contributed by atoms with Crippen LogP contribution in [0.25, 0.3) is 10.2 Å². The lowest BCUT2D eigenvalue weighted by atomic mass is 10.3. The Balaban J connectivity index is 1.59. The van der Waals surface area contributed by atoms with E-state index < -0.39 is 0 Å². The SMILES string of the molecule is O=C(NCc1nc2ccccc2s1)Nc1ccc(I)cc1. The number of thiazole rings is 1. The third kappa shape index (κ3) is 3.70. The van der Waals surface area contributed by atoms with E-state index in [1.807, 2.05) is 48.5 Å². The van der Waals surface area contributed by atoms with Gasteiger partial charge in [-0.3, -0.25) is 0 Å². The predicted octanol–water partition coefficient (Wildman–Crippen LogP) is 4.22. The van der Waals surface area contributed by atoms with Gasteiger partial charge in [-0.15, -0.1) is 11.3 Å². The van der Waals surface area contributed by atoms with E-state index in [1.165, 1.54) is 0 Å². The zero-order valence-corrected chi connectivity index (χ0v) is 13.9. The minimum Gasteiger partial charge on any atom is -0.331 e. The molecule has 2 amide bonds. The van der Waals surface area contributed by atoms with Crippen molar-refractivity contribution in [2.75, 3.05) is 5.32 Å². The largest absolute Gasteiger partial charge is 0.331 e. The summed E-state index contributed by atoms with van der Waals surface area (Å²) in [7, 11) is 0. The number of carbonyl (C=O) groups is 1. The summed E-state index contributed by atoms with van der Waals surface area (Å²) in [5, 5.41) is 6.51. The van der Waals surface area contributed by atoms with Crippen molar-refractivity contribution < 1.29 is 4.79 Å². The fourth-order valence-electron chi connectivity index (χ4n) is 1.86. The smallest absolute Gasteiger partial charge is 0.319 e. The average Bonchev–Trinajstić information content (AvgIpc) is 2.90. The second kappa shape index (κ2) is 6.40. The van der Waals surface area contributed by atoms with E-state index in [0.717, 1.165) is 24.5 Å². The number of carbonyl (C=O) groups excluding carboxylic acids is 1. The number of halogens is 1. The number of urea groups is 1. The van der Waals surface area contributed by atoms with Crippen molar-refractivity contribution in [3.8, 4) is 0 Å². The lowest BCUT2D eigenvalue weighted by molar-refractivity contribution is 0.251. The van der Waals surface area contributed by atoms with Gasteiger partial charge in [0, 0.05) is 9.26 Å². The molecule has 0 unspecified atom stereocenters. The first-order valence-electron chi connectivity index (χ1n) is 6.35. The van der Waals surface area contributed by atoms with E-state index in [0.29, 0.717) is 6.54 Å². The number of amides is 2. The van der Waals surface area contributed by atoms with Gasteiger partial charge in [-0.1, -0.05) is 12.1 Å². The Bertz CT molecular complexity index is 737. The molecule has 6 heteroatoms. The number of anilines is 1. The summed E-state index contributed by atoms with van der Waals surface area (Å²) >= 11 is 3.82. The highest BCUT2D eigenvalue weighted by molar-refractivity contribution is 14.1. The number of benzene rings is 2. The van der Waals surface area contributed by atoms with Crippen molar-refractivity contribution in [3.63, 3.8) is 0 Å². The fraction of sp³-hybridized carbons (Fsp3) is 0.0667. The highest BCUT2D eigenvalue weighted by Crippen LogP contribution is 2.21. The standard InChI is InChI=1S/C15H12IN3OS/c16-10-5-7-11(8-6-10)18-15(20)17-9-14-19-12-3-1-2-4-13(12)21-14/h1-8H,9H2,(H2,17,18,20). The first-order valence-corrected chi connectivity index (χ1v) is 8.25. The third-order valence-corrected chi connectivity index (χ3v) is 4.60. The summed E-state index contributed by atoms with van der Waals surface area (Å²) in [6.45, 7) is 0.426. The number of para-hydroxylation sites is 1. The van der Waals surface area contributed by atoms with E-state index >= 15 is 0 Å². The molecule has 0 spiro atoms. The lowest BCUT2D eigenvalue weighted by Gasteiger charge is -2.06. The maximum absolute atomic E-state index is 11.8. The Hall–Kier alpha value is -1.67. The topological polar surface area (TPSA) is 54.0 Å². The van der Waals surface area contributed by atoms with Gasteiger partial charge in [0.1, 0.15) is 5.01 Å². The van der Waals surface area contributed by atoms with Gasteiger partial charge in [0.25, 0.3) is 0 Å². The van der Waals surface area contributed by atoms with Crippen molar-refractivity contribution in [3.05, 3.63) is 57.1 Å². The molecular formula is C15H12IN3OS. The Kier molecular flexibility index (Phi) is 4.35. The summed E-state index contributed by atoms with van der Waals surface area (Å²) in [6, 6.07) is 15.4. The zero-order chi connectivity index (χ0) is 14.7. The number of nitrogens with zero attached hydrogens (tertiary/aromatic N) is 1. The fourth-order valence-corrected chi connectivity index (χ4v) is 3.13. The van der Waals surface area contributed by atoms with Gasteiger partial charge >= 0.3 is 6.03 Å². The van der Waals surface area contributed by atoms with E-state index in [1.54, 1.807) is 11.3 Å². The molecule has 0 saturated carbocycles. The Morgan fingerprint density at radius 3 is 2.67 bits per heavy atom. The molecule has 0 atom stereocenters. The van der Waals surface area contributed by atoms with E-state index in [2.05, 4.69) is 38.2 Å². The van der Waals surface area contributed by atoms with Crippen LogP contribution in [0.1, 0.15) is 5.01 Å². The first-order chi connectivity index (χ1) is 10.2. The van der Waals surface area contributed by atoms with Crippen LogP contribution in [0.2, 0.25) is 0 Å². The van der Waals surface area contributed by atoms with E-state index in [-0.39, 0.29) is 6.03 Å². The minimum absolute atomic E-state index is 0.226. The van der Waals surface area contributed by atoms with Crippen molar-refractivity contribution >= 4 is 55.9 Å². The first kappa shape index (κ1) is 14.3. The molecule has 3 aromatic rings. The molecule has 0 aliphatic carbocycles. The molecule has 106 valence electrons. The number of hydrogen-bond acceptors (Lipinski definition) is 3. The molecule has 0 aliphatic rings. The number of fused-ring (bicyclic) bond motifs is 1. The summed E-state index contributed by atoms with van der Waals surface area (Å²) < 4.78 is 2.26. The van der Waals surface area contributed by atoms with E-state index in [4.69, 9.17) is 0 Å². The van der Waals surface area contributed by atoms with Gasteiger partial charge in [0.15, 0.2) is 0 Å². The summed E-state index contributed by atoms with van der Waals surface area (Å²) in [4.78, 5) is 16.3. The molecule has 1 aromatic heterocycles. The van der Waals surface area contributed by atoms with Gasteiger partial charge in [0.05, 0.1) is 16.8 Å². The van der Waals surface area contributed by atoms with Crippen LogP contribution in [0.3, 0.4) is 0 Å². The maximum Gasteiger partial charge on any atom is 0.319 e. The molecule has 2 aromatic carbocycles. The van der Waals surface area contributed by atoms with Crippen LogP contribution < -0.4 is 10.6 Å². The van der Waals surface area contributed by atoms with Crippen molar-refractivity contribution in [1.29, 1.82) is 0 Å². The molecule has 0 aliphatic heterocycles. The van der Waals surface area contributed by atoms with Crippen LogP contribution in [0.4, 0.5) is 10.5 Å². The third-order valence-electron chi connectivity index (χ3n) is 2.84. The van der Waals surface area contributed by atoms with E-state index in [9.17, 15) is 4.79 Å². The summed E-state index contributed by atoms with van der Waals surface area (Å²) in [5.41, 5.74) is 1.74. The second-order valence-electron chi connectivity index (χ2n) is 4.39. The van der Waals surface area contributed by atoms with Crippen LogP contribution in [0.15, 0.2) is 48.5 Å². The van der Waals surface area contributed by atoms with Gasteiger partial charge in [-0.2, -0.15) is 0 Å².